The van der Waals surface area contributed by atoms with Gasteiger partial charge in [0.25, 0.3) is 0 Å². The Balaban J connectivity index is 2.17. The second-order valence-electron chi connectivity index (χ2n) is 4.81. The molecule has 0 bridgehead atoms. The zero-order valence-corrected chi connectivity index (χ0v) is 10.1. The van der Waals surface area contributed by atoms with Gasteiger partial charge in [-0.05, 0) is 25.3 Å². The fourth-order valence-electron chi connectivity index (χ4n) is 2.12. The minimum absolute atomic E-state index is 0.480. The normalized spacial score (nSPS) is 13.2. The molecular weight excluding hydrogens is 198 g/mol. The van der Waals surface area contributed by atoms with Crippen molar-refractivity contribution in [1.82, 2.24) is 10.2 Å². The van der Waals surface area contributed by atoms with E-state index in [1.54, 1.807) is 0 Å². The molecule has 2 aromatic rings. The van der Waals surface area contributed by atoms with Crippen molar-refractivity contribution in [2.24, 2.45) is 5.92 Å². The molecule has 1 aromatic carbocycles. The molecule has 0 aliphatic rings. The highest BCUT2D eigenvalue weighted by atomic mass is 15.1. The lowest BCUT2D eigenvalue weighted by Gasteiger charge is -2.17. The van der Waals surface area contributed by atoms with E-state index in [0.717, 1.165) is 16.6 Å². The zero-order chi connectivity index (χ0) is 11.5. The van der Waals surface area contributed by atoms with E-state index in [-0.39, 0.29) is 0 Å². The number of hydrogen-bond acceptors (Lipinski definition) is 2. The van der Waals surface area contributed by atoms with Crippen molar-refractivity contribution in [3.63, 3.8) is 0 Å². The predicted octanol–water partition coefficient (Wildman–Crippen LogP) is 3.41. The van der Waals surface area contributed by atoms with E-state index in [2.05, 4.69) is 54.5 Å². The van der Waals surface area contributed by atoms with E-state index in [1.165, 1.54) is 6.42 Å². The smallest absolute Gasteiger partial charge is 0.0881 e. The molecule has 1 unspecified atom stereocenters. The first kappa shape index (κ1) is 11.0. The van der Waals surface area contributed by atoms with Crippen LogP contribution in [0.4, 0.5) is 5.69 Å². The molecule has 0 radical (unpaired) electrons. The number of hydrogen-bond donors (Lipinski definition) is 2. The lowest BCUT2D eigenvalue weighted by molar-refractivity contribution is 0.540. The average molecular weight is 217 g/mol. The Morgan fingerprint density at radius 1 is 1.31 bits per heavy atom. The van der Waals surface area contributed by atoms with Crippen LogP contribution in [0, 0.1) is 5.92 Å². The highest BCUT2D eigenvalue weighted by Gasteiger charge is 2.07. The number of benzene rings is 1. The maximum absolute atomic E-state index is 4.07. The molecular formula is C13H19N3. The van der Waals surface area contributed by atoms with Gasteiger partial charge in [0.2, 0.25) is 0 Å². The first-order valence-corrected chi connectivity index (χ1v) is 5.85. The number of nitrogens with zero attached hydrogens (tertiary/aromatic N) is 1. The van der Waals surface area contributed by atoms with Crippen molar-refractivity contribution in [3.05, 3.63) is 24.4 Å². The van der Waals surface area contributed by atoms with E-state index < -0.39 is 0 Å². The van der Waals surface area contributed by atoms with Crippen LogP contribution in [0.1, 0.15) is 27.2 Å². The van der Waals surface area contributed by atoms with Gasteiger partial charge in [0.15, 0.2) is 0 Å². The first-order valence-electron chi connectivity index (χ1n) is 5.85. The number of aromatic amines is 1. The average Bonchev–Trinajstić information content (AvgIpc) is 2.65. The molecule has 2 rings (SSSR count). The summed E-state index contributed by atoms with van der Waals surface area (Å²) in [6.45, 7) is 6.71. The summed E-state index contributed by atoms with van der Waals surface area (Å²) in [4.78, 5) is 0. The Kier molecular flexibility index (Phi) is 3.13. The summed E-state index contributed by atoms with van der Waals surface area (Å²) >= 11 is 0. The number of nitrogens with one attached hydrogen (secondary N) is 2. The molecule has 16 heavy (non-hydrogen) atoms. The number of para-hydroxylation sites is 1. The van der Waals surface area contributed by atoms with Crippen LogP contribution < -0.4 is 5.32 Å². The van der Waals surface area contributed by atoms with Crippen molar-refractivity contribution in [2.45, 2.75) is 33.2 Å². The van der Waals surface area contributed by atoms with E-state index >= 15 is 0 Å². The third kappa shape index (κ3) is 2.35. The van der Waals surface area contributed by atoms with Gasteiger partial charge in [-0.15, -0.1) is 0 Å². The number of H-pyrrole nitrogens is 1. The molecule has 1 heterocycles. The maximum atomic E-state index is 4.07. The Labute approximate surface area is 96.2 Å². The quantitative estimate of drug-likeness (QED) is 0.824. The number of aromatic nitrogens is 2. The highest BCUT2D eigenvalue weighted by Crippen LogP contribution is 2.22. The van der Waals surface area contributed by atoms with Gasteiger partial charge in [-0.2, -0.15) is 5.10 Å². The summed E-state index contributed by atoms with van der Waals surface area (Å²) in [5.41, 5.74) is 2.24. The summed E-state index contributed by atoms with van der Waals surface area (Å²) < 4.78 is 0. The molecule has 0 fully saturated rings. The Hall–Kier alpha value is -1.51. The molecule has 0 amide bonds. The third-order valence-corrected chi connectivity index (χ3v) is 2.70. The van der Waals surface area contributed by atoms with E-state index in [9.17, 15) is 0 Å². The van der Waals surface area contributed by atoms with Crippen molar-refractivity contribution in [2.75, 3.05) is 5.32 Å². The number of anilines is 1. The topological polar surface area (TPSA) is 40.7 Å². The van der Waals surface area contributed by atoms with Gasteiger partial charge < -0.3 is 5.32 Å². The van der Waals surface area contributed by atoms with E-state index in [1.807, 2.05) is 6.20 Å². The highest BCUT2D eigenvalue weighted by molar-refractivity contribution is 5.89. The molecule has 0 aliphatic carbocycles. The lowest BCUT2D eigenvalue weighted by atomic mass is 10.0. The largest absolute Gasteiger partial charge is 0.381 e. The minimum atomic E-state index is 0.480. The van der Waals surface area contributed by atoms with Gasteiger partial charge in [-0.3, -0.25) is 5.10 Å². The third-order valence-electron chi connectivity index (χ3n) is 2.70. The van der Waals surface area contributed by atoms with Crippen LogP contribution in [0.5, 0.6) is 0 Å². The second kappa shape index (κ2) is 4.56. The van der Waals surface area contributed by atoms with Crippen LogP contribution >= 0.6 is 0 Å². The Morgan fingerprint density at radius 3 is 2.88 bits per heavy atom. The fraction of sp³-hybridized carbons (Fsp3) is 0.462. The van der Waals surface area contributed by atoms with E-state index in [0.29, 0.717) is 12.0 Å². The van der Waals surface area contributed by atoms with Gasteiger partial charge in [0.1, 0.15) is 0 Å². The standard InChI is InChI=1S/C13H19N3/c1-9(2)7-10(3)15-12-6-4-5-11-8-14-16-13(11)12/h4-6,8-10,15H,7H2,1-3H3,(H,14,16). The molecule has 0 aliphatic heterocycles. The van der Waals surface area contributed by atoms with Crippen molar-refractivity contribution >= 4 is 16.6 Å². The monoisotopic (exact) mass is 217 g/mol. The predicted molar refractivity (Wildman–Crippen MR) is 68.6 cm³/mol. The van der Waals surface area contributed by atoms with Crippen molar-refractivity contribution in [3.8, 4) is 0 Å². The summed E-state index contributed by atoms with van der Waals surface area (Å²) in [7, 11) is 0. The van der Waals surface area contributed by atoms with Crippen molar-refractivity contribution < 1.29 is 0 Å². The van der Waals surface area contributed by atoms with Gasteiger partial charge in [-0.1, -0.05) is 26.0 Å². The summed E-state index contributed by atoms with van der Waals surface area (Å²) in [5, 5.41) is 11.8. The molecule has 0 saturated heterocycles. The molecule has 3 heteroatoms. The fourth-order valence-corrected chi connectivity index (χ4v) is 2.12. The van der Waals surface area contributed by atoms with Crippen LogP contribution in [-0.4, -0.2) is 16.2 Å². The SMILES string of the molecule is CC(C)CC(C)Nc1cccc2cn[nH]c12. The second-order valence-corrected chi connectivity index (χ2v) is 4.81. The summed E-state index contributed by atoms with van der Waals surface area (Å²) in [6, 6.07) is 6.70. The first-order chi connectivity index (χ1) is 7.66. The maximum Gasteiger partial charge on any atom is 0.0881 e. The van der Waals surface area contributed by atoms with E-state index in [4.69, 9.17) is 0 Å². The van der Waals surface area contributed by atoms with Gasteiger partial charge in [-0.25, -0.2) is 0 Å². The number of rotatable bonds is 4. The zero-order valence-electron chi connectivity index (χ0n) is 10.1. The molecule has 0 saturated carbocycles. The minimum Gasteiger partial charge on any atom is -0.381 e. The van der Waals surface area contributed by atoms with Crippen molar-refractivity contribution in [1.29, 1.82) is 0 Å². The van der Waals surface area contributed by atoms with Crippen LogP contribution in [0.25, 0.3) is 10.9 Å². The van der Waals surface area contributed by atoms with Gasteiger partial charge in [0.05, 0.1) is 17.4 Å². The molecule has 1 atom stereocenters. The van der Waals surface area contributed by atoms with Crippen LogP contribution in [-0.2, 0) is 0 Å². The molecule has 0 spiro atoms. The molecule has 1 aromatic heterocycles. The van der Waals surface area contributed by atoms with Crippen LogP contribution in [0.2, 0.25) is 0 Å². The Bertz CT molecular complexity index is 459. The molecule has 2 N–H and O–H groups in total. The molecule has 3 nitrogen and oxygen atoms in total. The lowest BCUT2D eigenvalue weighted by Crippen LogP contribution is -2.17. The molecule has 86 valence electrons. The van der Waals surface area contributed by atoms with Crippen LogP contribution in [0.15, 0.2) is 24.4 Å². The summed E-state index contributed by atoms with van der Waals surface area (Å²) in [6.07, 6.45) is 3.03. The van der Waals surface area contributed by atoms with Gasteiger partial charge >= 0.3 is 0 Å². The summed E-state index contributed by atoms with van der Waals surface area (Å²) in [5.74, 6) is 0.712. The van der Waals surface area contributed by atoms with Crippen LogP contribution in [0.3, 0.4) is 0 Å². The Morgan fingerprint density at radius 2 is 2.12 bits per heavy atom. The number of fused-ring (bicyclic) bond motifs is 1. The van der Waals surface area contributed by atoms with Gasteiger partial charge in [0, 0.05) is 11.4 Å².